The summed E-state index contributed by atoms with van der Waals surface area (Å²) in [6.07, 6.45) is 2.17. The Kier molecular flexibility index (Phi) is 4.36. The summed E-state index contributed by atoms with van der Waals surface area (Å²) in [5.41, 5.74) is 0. The van der Waals surface area contributed by atoms with Gasteiger partial charge in [0.1, 0.15) is 6.61 Å². The SMILES string of the molecule is CC1OC(COC(=O)CC2CCN(C)CC2)O1. The monoisotopic (exact) mass is 243 g/mol. The van der Waals surface area contributed by atoms with Gasteiger partial charge in [0.2, 0.25) is 0 Å². The third-order valence-corrected chi connectivity index (χ3v) is 3.36. The number of hydrogen-bond acceptors (Lipinski definition) is 5. The van der Waals surface area contributed by atoms with Crippen molar-refractivity contribution in [2.24, 2.45) is 5.92 Å². The lowest BCUT2D eigenvalue weighted by Crippen LogP contribution is -2.42. The van der Waals surface area contributed by atoms with Crippen LogP contribution in [0.15, 0.2) is 0 Å². The van der Waals surface area contributed by atoms with Gasteiger partial charge in [0.15, 0.2) is 12.6 Å². The van der Waals surface area contributed by atoms with Crippen molar-refractivity contribution in [3.05, 3.63) is 0 Å². The lowest BCUT2D eigenvalue weighted by Gasteiger charge is -2.33. The van der Waals surface area contributed by atoms with Crippen LogP contribution < -0.4 is 0 Å². The molecular weight excluding hydrogens is 222 g/mol. The summed E-state index contributed by atoms with van der Waals surface area (Å²) in [6, 6.07) is 0. The average molecular weight is 243 g/mol. The maximum Gasteiger partial charge on any atom is 0.306 e. The molecule has 5 heteroatoms. The van der Waals surface area contributed by atoms with Gasteiger partial charge in [-0.2, -0.15) is 0 Å². The van der Waals surface area contributed by atoms with E-state index < -0.39 is 0 Å². The van der Waals surface area contributed by atoms with Gasteiger partial charge < -0.3 is 19.1 Å². The molecule has 0 bridgehead atoms. The Balaban J connectivity index is 1.57. The van der Waals surface area contributed by atoms with Crippen molar-refractivity contribution >= 4 is 5.97 Å². The standard InChI is InChI=1S/C12H21NO4/c1-9-16-12(17-9)8-15-11(14)7-10-3-5-13(2)6-4-10/h9-10,12H,3-8H2,1-2H3. The first-order chi connectivity index (χ1) is 8.13. The van der Waals surface area contributed by atoms with Gasteiger partial charge in [0.25, 0.3) is 0 Å². The Hall–Kier alpha value is -0.650. The Morgan fingerprint density at radius 2 is 2.00 bits per heavy atom. The van der Waals surface area contributed by atoms with Gasteiger partial charge in [-0.3, -0.25) is 4.79 Å². The molecular formula is C12H21NO4. The molecule has 0 aliphatic carbocycles. The summed E-state index contributed by atoms with van der Waals surface area (Å²) in [7, 11) is 2.11. The molecule has 0 N–H and O–H groups in total. The fourth-order valence-electron chi connectivity index (χ4n) is 2.24. The van der Waals surface area contributed by atoms with Crippen LogP contribution >= 0.6 is 0 Å². The highest BCUT2D eigenvalue weighted by atomic mass is 16.9. The Bertz CT molecular complexity index is 257. The van der Waals surface area contributed by atoms with Crippen LogP contribution in [0.25, 0.3) is 0 Å². The van der Waals surface area contributed by atoms with E-state index in [1.807, 2.05) is 6.92 Å². The van der Waals surface area contributed by atoms with Crippen LogP contribution in [0.1, 0.15) is 26.2 Å². The van der Waals surface area contributed by atoms with Crippen molar-refractivity contribution in [3.8, 4) is 0 Å². The summed E-state index contributed by atoms with van der Waals surface area (Å²) in [5, 5.41) is 0. The van der Waals surface area contributed by atoms with Crippen LogP contribution in [0.4, 0.5) is 0 Å². The molecule has 0 aromatic heterocycles. The fraction of sp³-hybridized carbons (Fsp3) is 0.917. The first-order valence-electron chi connectivity index (χ1n) is 6.28. The van der Waals surface area contributed by atoms with E-state index >= 15 is 0 Å². The third kappa shape index (κ3) is 3.94. The molecule has 98 valence electrons. The predicted molar refractivity (Wildman–Crippen MR) is 61.2 cm³/mol. The second-order valence-electron chi connectivity index (χ2n) is 4.90. The molecule has 2 rings (SSSR count). The molecule has 2 aliphatic heterocycles. The molecule has 0 aromatic carbocycles. The van der Waals surface area contributed by atoms with E-state index in [1.165, 1.54) is 0 Å². The summed E-state index contributed by atoms with van der Waals surface area (Å²) >= 11 is 0. The molecule has 0 saturated carbocycles. The van der Waals surface area contributed by atoms with Crippen LogP contribution in [-0.4, -0.2) is 50.2 Å². The molecule has 0 spiro atoms. The van der Waals surface area contributed by atoms with E-state index in [-0.39, 0.29) is 25.2 Å². The molecule has 5 nitrogen and oxygen atoms in total. The molecule has 0 atom stereocenters. The number of hydrogen-bond donors (Lipinski definition) is 0. The van der Waals surface area contributed by atoms with Crippen molar-refractivity contribution in [2.45, 2.75) is 38.8 Å². The fourth-order valence-corrected chi connectivity index (χ4v) is 2.24. The van der Waals surface area contributed by atoms with Crippen LogP contribution in [0.3, 0.4) is 0 Å². The highest BCUT2D eigenvalue weighted by Crippen LogP contribution is 2.21. The van der Waals surface area contributed by atoms with E-state index in [0.29, 0.717) is 12.3 Å². The summed E-state index contributed by atoms with van der Waals surface area (Å²) in [5.74, 6) is 0.340. The molecule has 2 heterocycles. The quantitative estimate of drug-likeness (QED) is 0.689. The van der Waals surface area contributed by atoms with Crippen LogP contribution in [-0.2, 0) is 19.0 Å². The zero-order chi connectivity index (χ0) is 12.3. The van der Waals surface area contributed by atoms with Crippen molar-refractivity contribution < 1.29 is 19.0 Å². The minimum Gasteiger partial charge on any atom is -0.460 e. The van der Waals surface area contributed by atoms with Gasteiger partial charge in [-0.15, -0.1) is 0 Å². The summed E-state index contributed by atoms with van der Waals surface area (Å²) in [4.78, 5) is 13.9. The lowest BCUT2D eigenvalue weighted by molar-refractivity contribution is -0.382. The molecule has 0 radical (unpaired) electrons. The van der Waals surface area contributed by atoms with Crippen LogP contribution in [0.5, 0.6) is 0 Å². The van der Waals surface area contributed by atoms with Crippen LogP contribution in [0.2, 0.25) is 0 Å². The summed E-state index contributed by atoms with van der Waals surface area (Å²) in [6.45, 7) is 4.18. The maximum absolute atomic E-state index is 11.6. The number of carbonyl (C=O) groups excluding carboxylic acids is 1. The Labute approximate surface area is 102 Å². The predicted octanol–water partition coefficient (Wildman–Crippen LogP) is 0.980. The maximum atomic E-state index is 11.6. The molecule has 0 aromatic rings. The topological polar surface area (TPSA) is 48.0 Å². The first-order valence-corrected chi connectivity index (χ1v) is 6.28. The van der Waals surface area contributed by atoms with Crippen molar-refractivity contribution in [1.29, 1.82) is 0 Å². The first kappa shape index (κ1) is 12.8. The van der Waals surface area contributed by atoms with Gasteiger partial charge in [0, 0.05) is 6.42 Å². The van der Waals surface area contributed by atoms with Gasteiger partial charge in [-0.05, 0) is 45.8 Å². The van der Waals surface area contributed by atoms with E-state index in [2.05, 4.69) is 11.9 Å². The largest absolute Gasteiger partial charge is 0.460 e. The minimum absolute atomic E-state index is 0.133. The Morgan fingerprint density at radius 3 is 2.59 bits per heavy atom. The van der Waals surface area contributed by atoms with Crippen molar-refractivity contribution in [2.75, 3.05) is 26.7 Å². The summed E-state index contributed by atoms with van der Waals surface area (Å²) < 4.78 is 15.5. The minimum atomic E-state index is -0.355. The second-order valence-corrected chi connectivity index (χ2v) is 4.90. The average Bonchev–Trinajstić information content (AvgIpc) is 2.26. The van der Waals surface area contributed by atoms with Gasteiger partial charge in [0.05, 0.1) is 0 Å². The van der Waals surface area contributed by atoms with Crippen molar-refractivity contribution in [1.82, 2.24) is 4.90 Å². The van der Waals surface area contributed by atoms with E-state index in [1.54, 1.807) is 0 Å². The smallest absolute Gasteiger partial charge is 0.306 e. The number of nitrogens with zero attached hydrogens (tertiary/aromatic N) is 1. The Morgan fingerprint density at radius 1 is 1.35 bits per heavy atom. The zero-order valence-corrected chi connectivity index (χ0v) is 10.6. The van der Waals surface area contributed by atoms with E-state index in [4.69, 9.17) is 14.2 Å². The molecule has 2 saturated heterocycles. The highest BCUT2D eigenvalue weighted by Gasteiger charge is 2.28. The third-order valence-electron chi connectivity index (χ3n) is 3.36. The zero-order valence-electron chi connectivity index (χ0n) is 10.6. The highest BCUT2D eigenvalue weighted by molar-refractivity contribution is 5.69. The van der Waals surface area contributed by atoms with E-state index in [9.17, 15) is 4.79 Å². The number of ether oxygens (including phenoxy) is 3. The number of likely N-dealkylation sites (tertiary alicyclic amines) is 1. The van der Waals surface area contributed by atoms with Gasteiger partial charge >= 0.3 is 5.97 Å². The molecule has 17 heavy (non-hydrogen) atoms. The number of piperidine rings is 1. The lowest BCUT2D eigenvalue weighted by atomic mass is 9.94. The number of carbonyl (C=O) groups is 1. The van der Waals surface area contributed by atoms with Crippen LogP contribution in [0, 0.1) is 5.92 Å². The molecule has 2 fully saturated rings. The molecule has 0 unspecified atom stereocenters. The van der Waals surface area contributed by atoms with Gasteiger partial charge in [-0.25, -0.2) is 0 Å². The molecule has 2 aliphatic rings. The second kappa shape index (κ2) is 5.80. The number of rotatable bonds is 4. The van der Waals surface area contributed by atoms with E-state index in [0.717, 1.165) is 25.9 Å². The normalized spacial score (nSPS) is 30.9. The number of esters is 1. The van der Waals surface area contributed by atoms with Crippen molar-refractivity contribution in [3.63, 3.8) is 0 Å². The van der Waals surface area contributed by atoms with Gasteiger partial charge in [-0.1, -0.05) is 0 Å². The molecule has 0 amide bonds.